The van der Waals surface area contributed by atoms with Gasteiger partial charge in [-0.15, -0.1) is 11.3 Å². The van der Waals surface area contributed by atoms with Crippen molar-refractivity contribution in [3.05, 3.63) is 57.3 Å². The molecule has 2 aliphatic rings. The van der Waals surface area contributed by atoms with Gasteiger partial charge in [0.05, 0.1) is 19.2 Å². The van der Waals surface area contributed by atoms with E-state index in [1.165, 1.54) is 30.4 Å². The quantitative estimate of drug-likeness (QED) is 0.778. The predicted octanol–water partition coefficient (Wildman–Crippen LogP) is 3.16. The third-order valence-electron chi connectivity index (χ3n) is 5.40. The summed E-state index contributed by atoms with van der Waals surface area (Å²) in [5.74, 6) is 0.406. The number of methoxy groups -OCH3 is 1. The first-order chi connectivity index (χ1) is 13.2. The molecule has 2 heterocycles. The summed E-state index contributed by atoms with van der Waals surface area (Å²) in [4.78, 5) is 27.8. The summed E-state index contributed by atoms with van der Waals surface area (Å²) >= 11 is 1.85. The van der Waals surface area contributed by atoms with Crippen molar-refractivity contribution in [2.45, 2.75) is 31.8 Å². The minimum Gasteiger partial charge on any atom is -0.465 e. The number of carbonyl (C=O) groups excluding carboxylic acids is 2. The van der Waals surface area contributed by atoms with Crippen LogP contribution in [0.2, 0.25) is 0 Å². The van der Waals surface area contributed by atoms with E-state index in [0.29, 0.717) is 30.6 Å². The Hall–Kier alpha value is -2.18. The van der Waals surface area contributed by atoms with Crippen LogP contribution in [0.15, 0.2) is 35.7 Å². The number of nitrogens with one attached hydrogen (secondary N) is 1. The van der Waals surface area contributed by atoms with Crippen LogP contribution in [0.3, 0.4) is 0 Å². The molecule has 142 valence electrons. The van der Waals surface area contributed by atoms with E-state index >= 15 is 0 Å². The van der Waals surface area contributed by atoms with Crippen LogP contribution in [-0.2, 0) is 22.5 Å². The van der Waals surface area contributed by atoms with Crippen molar-refractivity contribution < 1.29 is 14.3 Å². The summed E-state index contributed by atoms with van der Waals surface area (Å²) in [7, 11) is 1.37. The van der Waals surface area contributed by atoms with Gasteiger partial charge in [-0.05, 0) is 59.9 Å². The van der Waals surface area contributed by atoms with E-state index in [0.717, 1.165) is 18.5 Å². The van der Waals surface area contributed by atoms with E-state index in [-0.39, 0.29) is 11.9 Å². The zero-order valence-electron chi connectivity index (χ0n) is 15.4. The Morgan fingerprint density at radius 3 is 2.70 bits per heavy atom. The van der Waals surface area contributed by atoms with Gasteiger partial charge in [0, 0.05) is 24.0 Å². The van der Waals surface area contributed by atoms with Crippen LogP contribution in [0.1, 0.15) is 45.2 Å². The lowest BCUT2D eigenvalue weighted by molar-refractivity contribution is -0.123. The fourth-order valence-corrected chi connectivity index (χ4v) is 4.77. The summed E-state index contributed by atoms with van der Waals surface area (Å²) in [6.07, 6.45) is 3.58. The first-order valence-electron chi connectivity index (χ1n) is 9.40. The molecule has 1 atom stereocenters. The lowest BCUT2D eigenvalue weighted by Crippen LogP contribution is -2.42. The summed E-state index contributed by atoms with van der Waals surface area (Å²) in [6, 6.07) is 9.79. The fourth-order valence-electron chi connectivity index (χ4n) is 3.86. The fraction of sp³-hybridized carbons (Fsp3) is 0.429. The highest BCUT2D eigenvalue weighted by molar-refractivity contribution is 7.10. The Bertz CT molecular complexity index is 826. The van der Waals surface area contributed by atoms with Crippen LogP contribution < -0.4 is 5.32 Å². The predicted molar refractivity (Wildman–Crippen MR) is 105 cm³/mol. The number of thiophene rings is 1. The van der Waals surface area contributed by atoms with Crippen LogP contribution in [0.4, 0.5) is 0 Å². The molecule has 1 aliphatic heterocycles. The molecule has 1 N–H and O–H groups in total. The van der Waals surface area contributed by atoms with Crippen molar-refractivity contribution in [2.24, 2.45) is 5.92 Å². The van der Waals surface area contributed by atoms with E-state index in [2.05, 4.69) is 21.7 Å². The highest BCUT2D eigenvalue weighted by Crippen LogP contribution is 2.48. The van der Waals surface area contributed by atoms with E-state index in [1.54, 1.807) is 12.1 Å². The first-order valence-corrected chi connectivity index (χ1v) is 10.3. The van der Waals surface area contributed by atoms with Gasteiger partial charge in [-0.25, -0.2) is 4.79 Å². The van der Waals surface area contributed by atoms with Crippen LogP contribution in [-0.4, -0.2) is 37.0 Å². The van der Waals surface area contributed by atoms with E-state index in [4.69, 9.17) is 4.74 Å². The molecule has 0 spiro atoms. The molecule has 1 aliphatic carbocycles. The maximum Gasteiger partial charge on any atom is 0.337 e. The van der Waals surface area contributed by atoms with Gasteiger partial charge in [0.15, 0.2) is 0 Å². The molecule has 5 nitrogen and oxygen atoms in total. The molecule has 1 amide bonds. The molecule has 1 aromatic carbocycles. The van der Waals surface area contributed by atoms with Gasteiger partial charge in [0.2, 0.25) is 5.91 Å². The van der Waals surface area contributed by atoms with Gasteiger partial charge in [-0.3, -0.25) is 9.69 Å². The minimum atomic E-state index is -0.352. The summed E-state index contributed by atoms with van der Waals surface area (Å²) in [6.45, 7) is 1.86. The topological polar surface area (TPSA) is 58.6 Å². The normalized spacial score (nSPS) is 19.4. The zero-order valence-corrected chi connectivity index (χ0v) is 16.3. The smallest absolute Gasteiger partial charge is 0.337 e. The Morgan fingerprint density at radius 2 is 2.00 bits per heavy atom. The molecule has 4 rings (SSSR count). The van der Waals surface area contributed by atoms with Gasteiger partial charge >= 0.3 is 5.97 Å². The summed E-state index contributed by atoms with van der Waals surface area (Å²) < 4.78 is 4.70. The molecule has 0 radical (unpaired) electrons. The second-order valence-corrected chi connectivity index (χ2v) is 8.27. The molecular formula is C21H24N2O3S. The number of nitrogens with zero attached hydrogens (tertiary/aromatic N) is 1. The molecule has 1 aromatic heterocycles. The number of amides is 1. The Balaban J connectivity index is 1.33. The molecule has 0 saturated heterocycles. The van der Waals surface area contributed by atoms with Crippen molar-refractivity contribution in [1.29, 1.82) is 0 Å². The number of esters is 1. The lowest BCUT2D eigenvalue weighted by atomic mass is 9.96. The van der Waals surface area contributed by atoms with Gasteiger partial charge in [-0.1, -0.05) is 12.1 Å². The van der Waals surface area contributed by atoms with Gasteiger partial charge < -0.3 is 10.1 Å². The third kappa shape index (κ3) is 4.06. The second kappa shape index (κ2) is 7.82. The highest BCUT2D eigenvalue weighted by Gasteiger charge is 2.40. The molecular weight excluding hydrogens is 360 g/mol. The Morgan fingerprint density at radius 1 is 1.22 bits per heavy atom. The average Bonchev–Trinajstić information content (AvgIpc) is 3.42. The average molecular weight is 385 g/mol. The standard InChI is InChI=1S/C21H24N2O3S/c1-26-21(25)16-4-2-14(3-5-16)12-22-19(24)13-23-10-8-18-17(9-11-27-18)20(23)15-6-7-15/h2-5,9,11,15,20H,6-8,10,12-13H2,1H3,(H,22,24)/t20-/m1/s1. The second-order valence-electron chi connectivity index (χ2n) is 7.27. The number of ether oxygens (including phenoxy) is 1. The van der Waals surface area contributed by atoms with Crippen LogP contribution in [0.5, 0.6) is 0 Å². The molecule has 1 saturated carbocycles. The SMILES string of the molecule is COC(=O)c1ccc(CNC(=O)CN2CCc3sccc3[C@H]2C2CC2)cc1. The number of hydrogen-bond donors (Lipinski definition) is 1. The number of benzene rings is 1. The Kier molecular flexibility index (Phi) is 5.27. The maximum absolute atomic E-state index is 12.5. The molecule has 2 aromatic rings. The number of rotatable bonds is 6. The first kappa shape index (κ1) is 18.2. The summed E-state index contributed by atoms with van der Waals surface area (Å²) in [5, 5.41) is 5.19. The van der Waals surface area contributed by atoms with Crippen molar-refractivity contribution in [3.8, 4) is 0 Å². The van der Waals surface area contributed by atoms with Gasteiger partial charge in [-0.2, -0.15) is 0 Å². The molecule has 0 bridgehead atoms. The van der Waals surface area contributed by atoms with Crippen LogP contribution >= 0.6 is 11.3 Å². The van der Waals surface area contributed by atoms with Crippen LogP contribution in [0, 0.1) is 5.92 Å². The zero-order chi connectivity index (χ0) is 18.8. The number of hydrogen-bond acceptors (Lipinski definition) is 5. The summed E-state index contributed by atoms with van der Waals surface area (Å²) in [5.41, 5.74) is 2.92. The van der Waals surface area contributed by atoms with Crippen molar-refractivity contribution in [3.63, 3.8) is 0 Å². The van der Waals surface area contributed by atoms with E-state index < -0.39 is 0 Å². The maximum atomic E-state index is 12.5. The number of carbonyl (C=O) groups is 2. The van der Waals surface area contributed by atoms with Gasteiger partial charge in [0.1, 0.15) is 0 Å². The van der Waals surface area contributed by atoms with E-state index in [9.17, 15) is 9.59 Å². The van der Waals surface area contributed by atoms with Crippen molar-refractivity contribution >= 4 is 23.2 Å². The monoisotopic (exact) mass is 384 g/mol. The van der Waals surface area contributed by atoms with Crippen molar-refractivity contribution in [1.82, 2.24) is 10.2 Å². The molecule has 0 unspecified atom stereocenters. The largest absolute Gasteiger partial charge is 0.465 e. The molecule has 6 heteroatoms. The highest BCUT2D eigenvalue weighted by atomic mass is 32.1. The van der Waals surface area contributed by atoms with Gasteiger partial charge in [0.25, 0.3) is 0 Å². The third-order valence-corrected chi connectivity index (χ3v) is 6.39. The minimum absolute atomic E-state index is 0.0522. The Labute approximate surface area is 163 Å². The molecule has 1 fully saturated rings. The van der Waals surface area contributed by atoms with E-state index in [1.807, 2.05) is 23.5 Å². The number of fused-ring (bicyclic) bond motifs is 1. The lowest BCUT2D eigenvalue weighted by Gasteiger charge is -2.35. The van der Waals surface area contributed by atoms with Crippen LogP contribution in [0.25, 0.3) is 0 Å². The molecule has 27 heavy (non-hydrogen) atoms. The van der Waals surface area contributed by atoms with Crippen molar-refractivity contribution in [2.75, 3.05) is 20.2 Å².